The van der Waals surface area contributed by atoms with E-state index in [-0.39, 0.29) is 0 Å². The van der Waals surface area contributed by atoms with Crippen LogP contribution in [0.25, 0.3) is 0 Å². The predicted octanol–water partition coefficient (Wildman–Crippen LogP) is 7.01. The second kappa shape index (κ2) is 25.8. The quantitative estimate of drug-likeness (QED) is 0.405. The molecular weight excluding hydrogens is 236 g/mol. The van der Waals surface area contributed by atoms with Gasteiger partial charge in [-0.3, -0.25) is 0 Å². The minimum absolute atomic E-state index is 0.546. The largest absolute Gasteiger partial charge is 0.176 e. The van der Waals surface area contributed by atoms with Gasteiger partial charge in [-0.25, -0.2) is 0 Å². The SMILES string of the molecule is C=CC(C)CCCC.CC.CC.CC(C)C(C)S. The van der Waals surface area contributed by atoms with Gasteiger partial charge < -0.3 is 0 Å². The number of allylic oxidation sites excluding steroid dienone is 1. The van der Waals surface area contributed by atoms with Crippen LogP contribution in [0.1, 0.15) is 81.6 Å². The Morgan fingerprint density at radius 2 is 1.33 bits per heavy atom. The average Bonchev–Trinajstić information content (AvgIpc) is 2.41. The van der Waals surface area contributed by atoms with Crippen molar-refractivity contribution in [3.8, 4) is 0 Å². The maximum atomic E-state index is 4.19. The molecule has 0 rings (SSSR count). The summed E-state index contributed by atoms with van der Waals surface area (Å²) in [4.78, 5) is 0. The van der Waals surface area contributed by atoms with Gasteiger partial charge in [0, 0.05) is 5.25 Å². The molecule has 0 saturated carbocycles. The zero-order valence-electron chi connectivity index (χ0n) is 14.6. The third kappa shape index (κ3) is 36.0. The van der Waals surface area contributed by atoms with Gasteiger partial charge in [0.05, 0.1) is 0 Å². The van der Waals surface area contributed by atoms with Crippen molar-refractivity contribution in [2.24, 2.45) is 11.8 Å². The monoisotopic (exact) mass is 276 g/mol. The molecule has 114 valence electrons. The lowest BCUT2D eigenvalue weighted by molar-refractivity contribution is 0.599. The van der Waals surface area contributed by atoms with Gasteiger partial charge in [-0.15, -0.1) is 6.58 Å². The topological polar surface area (TPSA) is 0 Å². The summed E-state index contributed by atoms with van der Waals surface area (Å²) >= 11 is 4.19. The summed E-state index contributed by atoms with van der Waals surface area (Å²) in [5.41, 5.74) is 0. The average molecular weight is 277 g/mol. The van der Waals surface area contributed by atoms with E-state index in [1.807, 2.05) is 33.8 Å². The van der Waals surface area contributed by atoms with Crippen LogP contribution in [0.4, 0.5) is 0 Å². The van der Waals surface area contributed by atoms with Crippen molar-refractivity contribution < 1.29 is 0 Å². The summed E-state index contributed by atoms with van der Waals surface area (Å²) in [5.74, 6) is 1.43. The van der Waals surface area contributed by atoms with E-state index in [0.29, 0.717) is 11.2 Å². The first kappa shape index (κ1) is 26.6. The minimum atomic E-state index is 0.546. The molecule has 2 atom stereocenters. The van der Waals surface area contributed by atoms with Crippen LogP contribution in [0, 0.1) is 11.8 Å². The molecule has 0 aliphatic carbocycles. The van der Waals surface area contributed by atoms with Crippen LogP contribution in [0.2, 0.25) is 0 Å². The van der Waals surface area contributed by atoms with Gasteiger partial charge in [0.25, 0.3) is 0 Å². The molecule has 18 heavy (non-hydrogen) atoms. The van der Waals surface area contributed by atoms with E-state index in [1.165, 1.54) is 19.3 Å². The minimum Gasteiger partial charge on any atom is -0.176 e. The summed E-state index contributed by atoms with van der Waals surface area (Å²) in [6.07, 6.45) is 5.97. The molecule has 0 N–H and O–H groups in total. The van der Waals surface area contributed by atoms with Gasteiger partial charge in [-0.05, 0) is 18.3 Å². The van der Waals surface area contributed by atoms with E-state index in [4.69, 9.17) is 0 Å². The summed E-state index contributed by atoms with van der Waals surface area (Å²) < 4.78 is 0. The standard InChI is InChI=1S/C8H16.C5H12S.2C2H6/c1-4-6-7-8(3)5-2;1-4(2)5(3)6;2*1-2/h5,8H,2,4,6-7H2,1,3H3;4-6H,1-3H3;2*1-2H3. The number of rotatable bonds is 5. The first-order valence-corrected chi connectivity index (χ1v) is 8.27. The van der Waals surface area contributed by atoms with Gasteiger partial charge in [0.2, 0.25) is 0 Å². The van der Waals surface area contributed by atoms with Gasteiger partial charge in [-0.2, -0.15) is 12.6 Å². The molecule has 0 spiro atoms. The Morgan fingerprint density at radius 3 is 1.50 bits per heavy atom. The third-order valence-electron chi connectivity index (χ3n) is 2.38. The Balaban J connectivity index is -0.0000000869. The van der Waals surface area contributed by atoms with Crippen molar-refractivity contribution in [2.75, 3.05) is 0 Å². The summed E-state index contributed by atoms with van der Waals surface area (Å²) in [7, 11) is 0. The number of hydrogen-bond donors (Lipinski definition) is 1. The molecule has 0 nitrogen and oxygen atoms in total. The Morgan fingerprint density at radius 1 is 1.00 bits per heavy atom. The van der Waals surface area contributed by atoms with E-state index in [9.17, 15) is 0 Å². The van der Waals surface area contributed by atoms with Crippen LogP contribution >= 0.6 is 12.6 Å². The Hall–Kier alpha value is 0.0900. The normalized spacial score (nSPS) is 11.7. The molecule has 2 unspecified atom stereocenters. The van der Waals surface area contributed by atoms with Crippen molar-refractivity contribution in [1.82, 2.24) is 0 Å². The lowest BCUT2D eigenvalue weighted by Gasteiger charge is -2.04. The molecule has 0 amide bonds. The first-order chi connectivity index (χ1) is 8.45. The maximum Gasteiger partial charge on any atom is 0.00114 e. The zero-order valence-corrected chi connectivity index (χ0v) is 15.5. The second-order valence-corrected chi connectivity index (χ2v) is 5.15. The number of hydrogen-bond acceptors (Lipinski definition) is 1. The molecule has 0 heterocycles. The van der Waals surface area contributed by atoms with Crippen molar-refractivity contribution in [3.63, 3.8) is 0 Å². The highest BCUT2D eigenvalue weighted by atomic mass is 32.1. The van der Waals surface area contributed by atoms with Crippen LogP contribution in [0.5, 0.6) is 0 Å². The molecule has 0 aliphatic rings. The second-order valence-electron chi connectivity index (χ2n) is 4.34. The molecule has 0 aromatic carbocycles. The van der Waals surface area contributed by atoms with Crippen LogP contribution in [-0.4, -0.2) is 5.25 Å². The molecule has 0 aromatic heterocycles. The van der Waals surface area contributed by atoms with Gasteiger partial charge in [0.15, 0.2) is 0 Å². The van der Waals surface area contributed by atoms with Crippen LogP contribution in [-0.2, 0) is 0 Å². The van der Waals surface area contributed by atoms with Crippen molar-refractivity contribution >= 4 is 12.6 Å². The molecule has 0 aromatic rings. The van der Waals surface area contributed by atoms with Gasteiger partial charge in [-0.1, -0.05) is 81.2 Å². The fourth-order valence-electron chi connectivity index (χ4n) is 0.644. The van der Waals surface area contributed by atoms with Crippen LogP contribution in [0.3, 0.4) is 0 Å². The molecule has 0 bridgehead atoms. The van der Waals surface area contributed by atoms with E-state index in [2.05, 4.69) is 53.8 Å². The number of thiol groups is 1. The fraction of sp³-hybridized carbons (Fsp3) is 0.882. The highest BCUT2D eigenvalue weighted by Gasteiger charge is 1.96. The number of unbranched alkanes of at least 4 members (excludes halogenated alkanes) is 1. The Labute approximate surface area is 124 Å². The molecule has 0 saturated heterocycles. The molecular formula is C17H40S. The smallest absolute Gasteiger partial charge is 0.00114 e. The lowest BCUT2D eigenvalue weighted by Crippen LogP contribution is -1.99. The summed E-state index contributed by atoms with van der Waals surface area (Å²) in [6.45, 7) is 22.6. The van der Waals surface area contributed by atoms with Gasteiger partial charge >= 0.3 is 0 Å². The highest BCUT2D eigenvalue weighted by Crippen LogP contribution is 2.06. The van der Waals surface area contributed by atoms with Crippen molar-refractivity contribution in [2.45, 2.75) is 86.8 Å². The van der Waals surface area contributed by atoms with E-state index in [0.717, 1.165) is 5.92 Å². The molecule has 0 radical (unpaired) electrons. The van der Waals surface area contributed by atoms with Crippen LogP contribution < -0.4 is 0 Å². The Kier molecular flexibility index (Phi) is 38.2. The predicted molar refractivity (Wildman–Crippen MR) is 94.9 cm³/mol. The molecule has 0 aliphatic heterocycles. The fourth-order valence-corrected chi connectivity index (χ4v) is 0.644. The molecule has 1 heteroatoms. The zero-order chi connectivity index (χ0) is 15.6. The van der Waals surface area contributed by atoms with E-state index >= 15 is 0 Å². The Bertz CT molecular complexity index is 111. The lowest BCUT2D eigenvalue weighted by atomic mass is 10.1. The maximum absolute atomic E-state index is 4.19. The van der Waals surface area contributed by atoms with Gasteiger partial charge in [0.1, 0.15) is 0 Å². The van der Waals surface area contributed by atoms with E-state index in [1.54, 1.807) is 0 Å². The van der Waals surface area contributed by atoms with Crippen molar-refractivity contribution in [1.29, 1.82) is 0 Å². The summed E-state index contributed by atoms with van der Waals surface area (Å²) in [6, 6.07) is 0. The third-order valence-corrected chi connectivity index (χ3v) is 2.98. The summed E-state index contributed by atoms with van der Waals surface area (Å²) in [5, 5.41) is 0.546. The highest BCUT2D eigenvalue weighted by molar-refractivity contribution is 7.80. The molecule has 0 fully saturated rings. The van der Waals surface area contributed by atoms with Crippen molar-refractivity contribution in [3.05, 3.63) is 12.7 Å². The first-order valence-electron chi connectivity index (χ1n) is 7.76. The van der Waals surface area contributed by atoms with Crippen LogP contribution in [0.15, 0.2) is 12.7 Å². The van der Waals surface area contributed by atoms with E-state index < -0.39 is 0 Å².